The topological polar surface area (TPSA) is 42.2 Å². The van der Waals surface area contributed by atoms with Crippen molar-refractivity contribution in [3.05, 3.63) is 0 Å². The van der Waals surface area contributed by atoms with Crippen LogP contribution in [0.15, 0.2) is 0 Å². The van der Waals surface area contributed by atoms with Gasteiger partial charge in [-0.2, -0.15) is 5.26 Å². The molecule has 0 radical (unpaired) electrons. The molecule has 0 spiro atoms. The van der Waals surface area contributed by atoms with E-state index >= 15 is 0 Å². The van der Waals surface area contributed by atoms with Crippen molar-refractivity contribution < 1.29 is 9.47 Å². The van der Waals surface area contributed by atoms with Crippen LogP contribution in [0.2, 0.25) is 0 Å². The number of ether oxygens (including phenoxy) is 2. The highest BCUT2D eigenvalue weighted by molar-refractivity contribution is 5.13. The van der Waals surface area contributed by atoms with E-state index in [0.717, 1.165) is 45.1 Å². The molecule has 0 aliphatic carbocycles. The fourth-order valence-electron chi connectivity index (χ4n) is 3.39. The Morgan fingerprint density at radius 1 is 1.33 bits per heavy atom. The summed E-state index contributed by atoms with van der Waals surface area (Å²) < 4.78 is 11.5. The average molecular weight is 207 g/mol. The van der Waals surface area contributed by atoms with Gasteiger partial charge in [-0.3, -0.25) is 0 Å². The maximum Gasteiger partial charge on any atom is 0.0884 e. The van der Waals surface area contributed by atoms with E-state index in [2.05, 4.69) is 6.07 Å². The average Bonchev–Trinajstić information content (AvgIpc) is 2.93. The second kappa shape index (κ2) is 3.47. The van der Waals surface area contributed by atoms with Crippen molar-refractivity contribution in [2.75, 3.05) is 6.61 Å². The van der Waals surface area contributed by atoms with E-state index < -0.39 is 0 Å². The highest BCUT2D eigenvalue weighted by Crippen LogP contribution is 2.50. The predicted octanol–water partition coefficient (Wildman–Crippen LogP) is 2.02. The zero-order valence-electron chi connectivity index (χ0n) is 8.95. The first kappa shape index (κ1) is 9.62. The number of rotatable bonds is 2. The van der Waals surface area contributed by atoms with Crippen LogP contribution in [0.4, 0.5) is 0 Å². The van der Waals surface area contributed by atoms with E-state index in [1.807, 2.05) is 0 Å². The molecule has 0 saturated carbocycles. The Morgan fingerprint density at radius 3 is 2.80 bits per heavy atom. The van der Waals surface area contributed by atoms with Gasteiger partial charge in [0.15, 0.2) is 0 Å². The molecule has 0 aromatic rings. The molecule has 3 heteroatoms. The van der Waals surface area contributed by atoms with Gasteiger partial charge < -0.3 is 9.47 Å². The minimum atomic E-state index is -0.224. The van der Waals surface area contributed by atoms with Gasteiger partial charge in [0.25, 0.3) is 0 Å². The van der Waals surface area contributed by atoms with Gasteiger partial charge in [0.2, 0.25) is 0 Å². The Hall–Kier alpha value is -0.590. The third-order valence-electron chi connectivity index (χ3n) is 4.15. The van der Waals surface area contributed by atoms with Gasteiger partial charge in [-0.25, -0.2) is 0 Å². The van der Waals surface area contributed by atoms with Crippen LogP contribution in [-0.4, -0.2) is 24.9 Å². The van der Waals surface area contributed by atoms with Gasteiger partial charge in [0.05, 0.1) is 29.8 Å². The Morgan fingerprint density at radius 2 is 2.27 bits per heavy atom. The largest absolute Gasteiger partial charge is 0.378 e. The monoisotopic (exact) mass is 207 g/mol. The molecule has 0 aromatic carbocycles. The first-order valence-electron chi connectivity index (χ1n) is 6.01. The van der Waals surface area contributed by atoms with Crippen molar-refractivity contribution >= 4 is 0 Å². The van der Waals surface area contributed by atoms with Crippen LogP contribution in [-0.2, 0) is 9.47 Å². The summed E-state index contributed by atoms with van der Waals surface area (Å²) in [5.74, 6) is 0. The maximum absolute atomic E-state index is 9.41. The summed E-state index contributed by atoms with van der Waals surface area (Å²) in [7, 11) is 0. The lowest BCUT2D eigenvalue weighted by Gasteiger charge is -2.30. The van der Waals surface area contributed by atoms with E-state index in [1.165, 1.54) is 0 Å². The van der Waals surface area contributed by atoms with Crippen LogP contribution in [0.1, 0.15) is 38.5 Å². The first-order chi connectivity index (χ1) is 7.32. The minimum Gasteiger partial charge on any atom is -0.378 e. The van der Waals surface area contributed by atoms with E-state index in [0.29, 0.717) is 12.2 Å². The molecule has 4 unspecified atom stereocenters. The Balaban J connectivity index is 1.73. The molecule has 0 aromatic heterocycles. The zero-order chi connectivity index (χ0) is 10.3. The van der Waals surface area contributed by atoms with Crippen molar-refractivity contribution in [1.29, 1.82) is 5.26 Å². The molecule has 3 rings (SSSR count). The quantitative estimate of drug-likeness (QED) is 0.695. The normalized spacial score (nSPS) is 48.3. The molecule has 3 aliphatic heterocycles. The summed E-state index contributed by atoms with van der Waals surface area (Å²) in [6.07, 6.45) is 7.20. The fraction of sp³-hybridized carbons (Fsp3) is 0.917. The molecule has 3 saturated heterocycles. The van der Waals surface area contributed by atoms with E-state index in [1.54, 1.807) is 0 Å². The predicted molar refractivity (Wildman–Crippen MR) is 54.1 cm³/mol. The van der Waals surface area contributed by atoms with Crippen LogP contribution < -0.4 is 0 Å². The summed E-state index contributed by atoms with van der Waals surface area (Å²) in [5, 5.41) is 9.41. The minimum absolute atomic E-state index is 0.191. The lowest BCUT2D eigenvalue weighted by molar-refractivity contribution is 0.0381. The summed E-state index contributed by atoms with van der Waals surface area (Å²) in [4.78, 5) is 0. The summed E-state index contributed by atoms with van der Waals surface area (Å²) in [6, 6.07) is 2.53. The molecule has 3 fully saturated rings. The summed E-state index contributed by atoms with van der Waals surface area (Å²) in [6.45, 7) is 0.876. The van der Waals surface area contributed by atoms with E-state index in [4.69, 9.17) is 9.47 Å². The van der Waals surface area contributed by atoms with Gasteiger partial charge in [-0.1, -0.05) is 0 Å². The number of hydrogen-bond acceptors (Lipinski definition) is 3. The van der Waals surface area contributed by atoms with Gasteiger partial charge in [0.1, 0.15) is 0 Å². The number of nitrogens with zero attached hydrogens (tertiary/aromatic N) is 1. The van der Waals surface area contributed by atoms with Crippen molar-refractivity contribution in [2.45, 2.75) is 56.8 Å². The van der Waals surface area contributed by atoms with E-state index in [-0.39, 0.29) is 11.5 Å². The molecule has 0 N–H and O–H groups in total. The Bertz CT molecular complexity index is 292. The fourth-order valence-corrected chi connectivity index (χ4v) is 3.39. The van der Waals surface area contributed by atoms with Crippen molar-refractivity contribution in [3.8, 4) is 6.07 Å². The van der Waals surface area contributed by atoms with Crippen LogP contribution in [0.5, 0.6) is 0 Å². The van der Waals surface area contributed by atoms with Gasteiger partial charge in [0, 0.05) is 6.61 Å². The summed E-state index contributed by atoms with van der Waals surface area (Å²) in [5.41, 5.74) is -0.224. The van der Waals surface area contributed by atoms with E-state index in [9.17, 15) is 5.26 Å². The molecular weight excluding hydrogens is 190 g/mol. The Labute approximate surface area is 90.4 Å². The van der Waals surface area contributed by atoms with Crippen LogP contribution in [0.25, 0.3) is 0 Å². The van der Waals surface area contributed by atoms with Gasteiger partial charge in [-0.15, -0.1) is 0 Å². The molecule has 3 heterocycles. The molecule has 3 nitrogen and oxygen atoms in total. The third kappa shape index (κ3) is 1.47. The standard InChI is InChI=1S/C12H17NO2/c13-8-12(6-9-2-1-5-14-9)7-10-3-4-11(12)15-10/h9-11H,1-7H2. The third-order valence-corrected chi connectivity index (χ3v) is 4.15. The molecule has 82 valence electrons. The van der Waals surface area contributed by atoms with Crippen LogP contribution in [0, 0.1) is 16.7 Å². The molecular formula is C12H17NO2. The lowest BCUT2D eigenvalue weighted by atomic mass is 9.71. The number of hydrogen-bond donors (Lipinski definition) is 0. The molecule has 2 bridgehead atoms. The lowest BCUT2D eigenvalue weighted by Crippen LogP contribution is -2.34. The van der Waals surface area contributed by atoms with Crippen LogP contribution >= 0.6 is 0 Å². The maximum atomic E-state index is 9.41. The van der Waals surface area contributed by atoms with Gasteiger partial charge in [-0.05, 0) is 38.5 Å². The molecule has 4 atom stereocenters. The highest BCUT2D eigenvalue weighted by atomic mass is 16.5. The van der Waals surface area contributed by atoms with Gasteiger partial charge >= 0.3 is 0 Å². The number of nitriles is 1. The second-order valence-corrected chi connectivity index (χ2v) is 5.14. The smallest absolute Gasteiger partial charge is 0.0884 e. The van der Waals surface area contributed by atoms with Crippen molar-refractivity contribution in [3.63, 3.8) is 0 Å². The SMILES string of the molecule is N#CC1(CC2CCCO2)CC2CCC1O2. The zero-order valence-corrected chi connectivity index (χ0v) is 8.95. The molecule has 0 amide bonds. The number of fused-ring (bicyclic) bond motifs is 2. The molecule has 3 aliphatic rings. The Kier molecular flexibility index (Phi) is 2.22. The van der Waals surface area contributed by atoms with Crippen molar-refractivity contribution in [2.24, 2.45) is 5.41 Å². The van der Waals surface area contributed by atoms with Crippen molar-refractivity contribution in [1.82, 2.24) is 0 Å². The summed E-state index contributed by atoms with van der Waals surface area (Å²) >= 11 is 0. The van der Waals surface area contributed by atoms with Crippen LogP contribution in [0.3, 0.4) is 0 Å². The molecule has 15 heavy (non-hydrogen) atoms. The highest BCUT2D eigenvalue weighted by Gasteiger charge is 2.53. The second-order valence-electron chi connectivity index (χ2n) is 5.14. The first-order valence-corrected chi connectivity index (χ1v) is 6.01.